The van der Waals surface area contributed by atoms with Crippen molar-refractivity contribution in [3.8, 4) is 16.9 Å². The molecule has 162 valence electrons. The quantitative estimate of drug-likeness (QED) is 0.478. The molecule has 31 heavy (non-hydrogen) atoms. The Bertz CT molecular complexity index is 1090. The third-order valence-corrected chi connectivity index (χ3v) is 6.25. The van der Waals surface area contributed by atoms with Crippen molar-refractivity contribution < 1.29 is 4.79 Å². The van der Waals surface area contributed by atoms with Crippen LogP contribution in [0.2, 0.25) is 15.1 Å². The Morgan fingerprint density at radius 2 is 1.58 bits per heavy atom. The van der Waals surface area contributed by atoms with Crippen LogP contribution in [0.25, 0.3) is 16.9 Å². The lowest BCUT2D eigenvalue weighted by Crippen LogP contribution is -2.43. The molecule has 1 aliphatic rings. The predicted molar refractivity (Wildman–Crippen MR) is 126 cm³/mol. The number of aromatic nitrogens is 2. The Hall–Kier alpha value is -2.05. The molecule has 1 aromatic heterocycles. The van der Waals surface area contributed by atoms with E-state index in [1.807, 2.05) is 36.2 Å². The van der Waals surface area contributed by atoms with Gasteiger partial charge in [0.05, 0.1) is 16.4 Å². The molecule has 1 aliphatic heterocycles. The molecule has 1 saturated heterocycles. The molecule has 0 atom stereocenters. The second-order valence-corrected chi connectivity index (χ2v) is 8.96. The summed E-state index contributed by atoms with van der Waals surface area (Å²) in [5, 5.41) is 8.28. The SMILES string of the molecule is Cc1c(C(=O)NN2CCCCCC2)nn(-c2ccc(Cl)cc2Cl)c1-c1ccc(Cl)cc1. The van der Waals surface area contributed by atoms with Gasteiger partial charge in [0.15, 0.2) is 5.69 Å². The molecule has 1 N–H and O–H groups in total. The van der Waals surface area contributed by atoms with Gasteiger partial charge in [-0.2, -0.15) is 5.10 Å². The average molecular weight is 478 g/mol. The third kappa shape index (κ3) is 4.90. The molecule has 2 heterocycles. The van der Waals surface area contributed by atoms with Crippen molar-refractivity contribution in [2.45, 2.75) is 32.6 Å². The summed E-state index contributed by atoms with van der Waals surface area (Å²) in [6.07, 6.45) is 4.53. The molecule has 2 aromatic carbocycles. The number of carbonyl (C=O) groups is 1. The zero-order chi connectivity index (χ0) is 22.0. The van der Waals surface area contributed by atoms with Gasteiger partial charge in [0, 0.05) is 34.3 Å². The minimum absolute atomic E-state index is 0.224. The molecule has 0 radical (unpaired) electrons. The highest BCUT2D eigenvalue weighted by molar-refractivity contribution is 6.35. The van der Waals surface area contributed by atoms with Crippen LogP contribution in [0.15, 0.2) is 42.5 Å². The van der Waals surface area contributed by atoms with Crippen LogP contribution in [0.5, 0.6) is 0 Å². The van der Waals surface area contributed by atoms with Gasteiger partial charge >= 0.3 is 0 Å². The second-order valence-electron chi connectivity index (χ2n) is 7.68. The molecule has 0 saturated carbocycles. The molecular weight excluding hydrogens is 455 g/mol. The molecule has 1 amide bonds. The molecule has 1 fully saturated rings. The first-order chi connectivity index (χ1) is 14.9. The monoisotopic (exact) mass is 476 g/mol. The summed E-state index contributed by atoms with van der Waals surface area (Å²) in [6.45, 7) is 3.59. The van der Waals surface area contributed by atoms with Crippen molar-refractivity contribution in [2.75, 3.05) is 13.1 Å². The van der Waals surface area contributed by atoms with Crippen LogP contribution in [0.4, 0.5) is 0 Å². The topological polar surface area (TPSA) is 50.2 Å². The Kier molecular flexibility index (Phi) is 6.87. The second kappa shape index (κ2) is 9.61. The zero-order valence-corrected chi connectivity index (χ0v) is 19.4. The van der Waals surface area contributed by atoms with Crippen LogP contribution in [0.3, 0.4) is 0 Å². The van der Waals surface area contributed by atoms with Gasteiger partial charge in [0.2, 0.25) is 0 Å². The van der Waals surface area contributed by atoms with Crippen LogP contribution in [-0.4, -0.2) is 33.8 Å². The largest absolute Gasteiger partial charge is 0.286 e. The minimum atomic E-state index is -0.224. The first-order valence-corrected chi connectivity index (χ1v) is 11.4. The Labute approximate surface area is 196 Å². The van der Waals surface area contributed by atoms with E-state index in [-0.39, 0.29) is 5.91 Å². The number of nitrogens with zero attached hydrogens (tertiary/aromatic N) is 3. The summed E-state index contributed by atoms with van der Waals surface area (Å²) in [5.41, 5.74) is 6.47. The maximum atomic E-state index is 13.2. The number of hydrazine groups is 1. The Balaban J connectivity index is 1.78. The number of hydrogen-bond donors (Lipinski definition) is 1. The van der Waals surface area contributed by atoms with E-state index < -0.39 is 0 Å². The summed E-state index contributed by atoms with van der Waals surface area (Å²) in [5.74, 6) is -0.224. The molecule has 0 unspecified atom stereocenters. The van der Waals surface area contributed by atoms with E-state index in [0.717, 1.165) is 42.8 Å². The fourth-order valence-corrected chi connectivity index (χ4v) is 4.48. The van der Waals surface area contributed by atoms with Crippen LogP contribution in [-0.2, 0) is 0 Å². The molecule has 8 heteroatoms. The van der Waals surface area contributed by atoms with E-state index >= 15 is 0 Å². The summed E-state index contributed by atoms with van der Waals surface area (Å²) in [4.78, 5) is 13.2. The van der Waals surface area contributed by atoms with Gasteiger partial charge in [-0.25, -0.2) is 9.69 Å². The number of benzene rings is 2. The summed E-state index contributed by atoms with van der Waals surface area (Å²) < 4.78 is 1.70. The standard InChI is InChI=1S/C23H23Cl3N4O/c1-15-21(23(31)28-29-12-4-2-3-5-13-29)27-30(20-11-10-18(25)14-19(20)26)22(15)16-6-8-17(24)9-7-16/h6-11,14H,2-5,12-13H2,1H3,(H,28,31). The molecule has 5 nitrogen and oxygen atoms in total. The maximum Gasteiger partial charge on any atom is 0.286 e. The van der Waals surface area contributed by atoms with E-state index in [0.29, 0.717) is 26.4 Å². The number of nitrogens with one attached hydrogen (secondary N) is 1. The van der Waals surface area contributed by atoms with Gasteiger partial charge in [-0.1, -0.05) is 59.8 Å². The highest BCUT2D eigenvalue weighted by Gasteiger charge is 2.24. The van der Waals surface area contributed by atoms with E-state index in [1.54, 1.807) is 22.9 Å². The predicted octanol–water partition coefficient (Wildman–Crippen LogP) is 6.33. The molecule has 0 bridgehead atoms. The lowest BCUT2D eigenvalue weighted by atomic mass is 10.1. The lowest BCUT2D eigenvalue weighted by Gasteiger charge is -2.20. The molecule has 3 aromatic rings. The van der Waals surface area contributed by atoms with E-state index in [9.17, 15) is 4.79 Å². The highest BCUT2D eigenvalue weighted by Crippen LogP contribution is 2.33. The fourth-order valence-electron chi connectivity index (χ4n) is 3.86. The minimum Gasteiger partial charge on any atom is -0.283 e. The van der Waals surface area contributed by atoms with Crippen molar-refractivity contribution in [1.82, 2.24) is 20.2 Å². The summed E-state index contributed by atoms with van der Waals surface area (Å²) in [6, 6.07) is 12.7. The first-order valence-electron chi connectivity index (χ1n) is 10.3. The van der Waals surface area contributed by atoms with Crippen LogP contribution in [0.1, 0.15) is 41.7 Å². The normalized spacial score (nSPS) is 15.0. The third-order valence-electron chi connectivity index (χ3n) is 5.46. The molecule has 0 aliphatic carbocycles. The first kappa shape index (κ1) is 22.2. The smallest absolute Gasteiger partial charge is 0.283 e. The van der Waals surface area contributed by atoms with Crippen molar-refractivity contribution in [1.29, 1.82) is 0 Å². The fraction of sp³-hybridized carbons (Fsp3) is 0.304. The lowest BCUT2D eigenvalue weighted by molar-refractivity contribution is 0.0788. The maximum absolute atomic E-state index is 13.2. The Morgan fingerprint density at radius 1 is 0.935 bits per heavy atom. The van der Waals surface area contributed by atoms with Crippen molar-refractivity contribution in [3.63, 3.8) is 0 Å². The summed E-state index contributed by atoms with van der Waals surface area (Å²) in [7, 11) is 0. The Morgan fingerprint density at radius 3 is 2.23 bits per heavy atom. The van der Waals surface area contributed by atoms with Crippen molar-refractivity contribution in [3.05, 3.63) is 68.8 Å². The number of rotatable bonds is 4. The zero-order valence-electron chi connectivity index (χ0n) is 17.2. The number of hydrogen-bond acceptors (Lipinski definition) is 3. The average Bonchev–Trinajstić information content (AvgIpc) is 2.89. The number of halogens is 3. The molecular formula is C23H23Cl3N4O. The van der Waals surface area contributed by atoms with E-state index in [4.69, 9.17) is 34.8 Å². The van der Waals surface area contributed by atoms with Crippen molar-refractivity contribution >= 4 is 40.7 Å². The highest BCUT2D eigenvalue weighted by atomic mass is 35.5. The van der Waals surface area contributed by atoms with Gasteiger partial charge in [0.25, 0.3) is 5.91 Å². The number of carbonyl (C=O) groups excluding carboxylic acids is 1. The summed E-state index contributed by atoms with van der Waals surface area (Å²) >= 11 is 18.7. The van der Waals surface area contributed by atoms with Gasteiger partial charge in [-0.3, -0.25) is 10.2 Å². The number of amides is 1. The molecule has 0 spiro atoms. The van der Waals surface area contributed by atoms with Crippen molar-refractivity contribution in [2.24, 2.45) is 0 Å². The van der Waals surface area contributed by atoms with Crippen LogP contribution < -0.4 is 5.43 Å². The van der Waals surface area contributed by atoms with Gasteiger partial charge < -0.3 is 0 Å². The van der Waals surface area contributed by atoms with Crippen LogP contribution >= 0.6 is 34.8 Å². The van der Waals surface area contributed by atoms with Gasteiger partial charge in [0.1, 0.15) is 0 Å². The van der Waals surface area contributed by atoms with Crippen LogP contribution in [0, 0.1) is 6.92 Å². The van der Waals surface area contributed by atoms with Gasteiger partial charge in [-0.05, 0) is 50.1 Å². The van der Waals surface area contributed by atoms with E-state index in [1.165, 1.54) is 12.8 Å². The van der Waals surface area contributed by atoms with E-state index in [2.05, 4.69) is 10.5 Å². The van der Waals surface area contributed by atoms with Gasteiger partial charge in [-0.15, -0.1) is 0 Å². The molecule has 4 rings (SSSR count).